The van der Waals surface area contributed by atoms with E-state index in [2.05, 4.69) is 27.9 Å². The van der Waals surface area contributed by atoms with E-state index in [1.165, 1.54) is 6.07 Å². The molecule has 1 aliphatic heterocycles. The van der Waals surface area contributed by atoms with E-state index in [-0.39, 0.29) is 23.3 Å². The van der Waals surface area contributed by atoms with Crippen molar-refractivity contribution in [3.05, 3.63) is 27.3 Å². The van der Waals surface area contributed by atoms with E-state index in [0.29, 0.717) is 26.4 Å². The standard InChI is InChI=1S/C12H14INO4/c13-8-1-2-11(15)10(5-8)12(16)14-6-9-7-17-3-4-18-9/h1-2,5,9,15H,3-4,6-7H2,(H,14,16). The number of carbonyl (C=O) groups excluding carboxylic acids is 1. The zero-order valence-electron chi connectivity index (χ0n) is 9.69. The molecule has 1 amide bonds. The van der Waals surface area contributed by atoms with Crippen LogP contribution in [-0.4, -0.2) is 43.5 Å². The summed E-state index contributed by atoms with van der Waals surface area (Å²) in [6.07, 6.45) is -0.118. The summed E-state index contributed by atoms with van der Waals surface area (Å²) in [6.45, 7) is 2.01. The van der Waals surface area contributed by atoms with Crippen molar-refractivity contribution in [3.8, 4) is 5.75 Å². The number of hydrogen-bond donors (Lipinski definition) is 2. The summed E-state index contributed by atoms with van der Waals surface area (Å²) in [7, 11) is 0. The van der Waals surface area contributed by atoms with Gasteiger partial charge in [-0.2, -0.15) is 0 Å². The topological polar surface area (TPSA) is 67.8 Å². The molecule has 1 atom stereocenters. The average Bonchev–Trinajstić information content (AvgIpc) is 2.40. The molecule has 6 heteroatoms. The Bertz CT molecular complexity index is 432. The lowest BCUT2D eigenvalue weighted by Crippen LogP contribution is -2.39. The predicted octanol–water partition coefficient (Wildman–Crippen LogP) is 1.14. The molecule has 1 fully saturated rings. The smallest absolute Gasteiger partial charge is 0.255 e. The van der Waals surface area contributed by atoms with Gasteiger partial charge < -0.3 is 19.9 Å². The number of benzene rings is 1. The first-order valence-electron chi connectivity index (χ1n) is 5.63. The molecule has 18 heavy (non-hydrogen) atoms. The summed E-state index contributed by atoms with van der Waals surface area (Å²) < 4.78 is 11.5. The molecule has 0 spiro atoms. The van der Waals surface area contributed by atoms with Crippen molar-refractivity contribution in [1.29, 1.82) is 0 Å². The van der Waals surface area contributed by atoms with Crippen molar-refractivity contribution in [2.45, 2.75) is 6.10 Å². The Hall–Kier alpha value is -0.860. The summed E-state index contributed by atoms with van der Waals surface area (Å²) in [5, 5.41) is 12.4. The zero-order valence-corrected chi connectivity index (χ0v) is 11.8. The summed E-state index contributed by atoms with van der Waals surface area (Å²) in [5.74, 6) is -0.325. The highest BCUT2D eigenvalue weighted by molar-refractivity contribution is 14.1. The SMILES string of the molecule is O=C(NCC1COCCO1)c1cc(I)ccc1O. The van der Waals surface area contributed by atoms with E-state index in [1.54, 1.807) is 12.1 Å². The van der Waals surface area contributed by atoms with Crippen molar-refractivity contribution in [2.75, 3.05) is 26.4 Å². The molecule has 0 bridgehead atoms. The minimum atomic E-state index is -0.305. The molecule has 2 rings (SSSR count). The molecule has 0 aliphatic carbocycles. The molecule has 0 saturated carbocycles. The highest BCUT2D eigenvalue weighted by Crippen LogP contribution is 2.19. The number of carbonyl (C=O) groups is 1. The van der Waals surface area contributed by atoms with E-state index in [4.69, 9.17) is 9.47 Å². The molecule has 1 aromatic rings. The van der Waals surface area contributed by atoms with Gasteiger partial charge in [0.05, 0.1) is 31.5 Å². The first-order valence-corrected chi connectivity index (χ1v) is 6.71. The average molecular weight is 363 g/mol. The van der Waals surface area contributed by atoms with Gasteiger partial charge in [-0.15, -0.1) is 0 Å². The van der Waals surface area contributed by atoms with E-state index >= 15 is 0 Å². The predicted molar refractivity (Wildman–Crippen MR) is 73.7 cm³/mol. The molecular weight excluding hydrogens is 349 g/mol. The van der Waals surface area contributed by atoms with Gasteiger partial charge in [-0.05, 0) is 40.8 Å². The Labute approximate surface area is 119 Å². The van der Waals surface area contributed by atoms with Crippen LogP contribution in [0.3, 0.4) is 0 Å². The number of aromatic hydroxyl groups is 1. The molecule has 1 aromatic carbocycles. The van der Waals surface area contributed by atoms with Crippen LogP contribution in [-0.2, 0) is 9.47 Å². The third-order valence-electron chi connectivity index (χ3n) is 2.58. The van der Waals surface area contributed by atoms with Crippen LogP contribution < -0.4 is 5.32 Å². The lowest BCUT2D eigenvalue weighted by Gasteiger charge is -2.23. The molecule has 0 radical (unpaired) electrons. The normalized spacial score (nSPS) is 19.5. The van der Waals surface area contributed by atoms with Gasteiger partial charge in [0.15, 0.2) is 0 Å². The molecule has 1 heterocycles. The molecular formula is C12H14INO4. The van der Waals surface area contributed by atoms with Crippen LogP contribution in [0.2, 0.25) is 0 Å². The minimum Gasteiger partial charge on any atom is -0.507 e. The van der Waals surface area contributed by atoms with Gasteiger partial charge >= 0.3 is 0 Å². The van der Waals surface area contributed by atoms with Crippen LogP contribution >= 0.6 is 22.6 Å². The van der Waals surface area contributed by atoms with Gasteiger partial charge in [-0.1, -0.05) is 0 Å². The van der Waals surface area contributed by atoms with Crippen LogP contribution in [0.25, 0.3) is 0 Å². The molecule has 2 N–H and O–H groups in total. The number of nitrogens with one attached hydrogen (secondary N) is 1. The van der Waals surface area contributed by atoms with Crippen LogP contribution in [0.1, 0.15) is 10.4 Å². The summed E-state index contributed by atoms with van der Waals surface area (Å²) in [6, 6.07) is 4.89. The largest absolute Gasteiger partial charge is 0.507 e. The van der Waals surface area contributed by atoms with Gasteiger partial charge in [-0.25, -0.2) is 0 Å². The fourth-order valence-electron chi connectivity index (χ4n) is 1.65. The molecule has 98 valence electrons. The van der Waals surface area contributed by atoms with Gasteiger partial charge in [-0.3, -0.25) is 4.79 Å². The Balaban J connectivity index is 1.92. The second-order valence-corrected chi connectivity index (χ2v) is 5.18. The number of hydrogen-bond acceptors (Lipinski definition) is 4. The van der Waals surface area contributed by atoms with Gasteiger partial charge in [0.25, 0.3) is 5.91 Å². The number of phenolic OH excluding ortho intramolecular Hbond substituents is 1. The van der Waals surface area contributed by atoms with Gasteiger partial charge in [0.1, 0.15) is 5.75 Å². The number of rotatable bonds is 3. The molecule has 1 saturated heterocycles. The van der Waals surface area contributed by atoms with Crippen molar-refractivity contribution in [1.82, 2.24) is 5.32 Å². The van der Waals surface area contributed by atoms with Crippen LogP contribution in [0, 0.1) is 3.57 Å². The first kappa shape index (κ1) is 13.6. The Morgan fingerprint density at radius 1 is 1.50 bits per heavy atom. The molecule has 5 nitrogen and oxygen atoms in total. The van der Waals surface area contributed by atoms with Crippen LogP contribution in [0.15, 0.2) is 18.2 Å². The summed E-state index contributed by atoms with van der Waals surface area (Å²) >= 11 is 2.09. The highest BCUT2D eigenvalue weighted by Gasteiger charge is 2.17. The number of amides is 1. The Morgan fingerprint density at radius 2 is 2.33 bits per heavy atom. The van der Waals surface area contributed by atoms with Crippen LogP contribution in [0.4, 0.5) is 0 Å². The number of halogens is 1. The quantitative estimate of drug-likeness (QED) is 0.791. The fourth-order valence-corrected chi connectivity index (χ4v) is 2.14. The Morgan fingerprint density at radius 3 is 3.06 bits per heavy atom. The molecule has 0 aromatic heterocycles. The van der Waals surface area contributed by atoms with Crippen molar-refractivity contribution < 1.29 is 19.4 Å². The third-order valence-corrected chi connectivity index (χ3v) is 3.25. The minimum absolute atomic E-state index is 0.0197. The Kier molecular flexibility index (Phi) is 4.79. The van der Waals surface area contributed by atoms with Crippen LogP contribution in [0.5, 0.6) is 5.75 Å². The van der Waals surface area contributed by atoms with E-state index in [1.807, 2.05) is 0 Å². The zero-order chi connectivity index (χ0) is 13.0. The maximum Gasteiger partial charge on any atom is 0.255 e. The lowest BCUT2D eigenvalue weighted by molar-refractivity contribution is -0.0855. The lowest BCUT2D eigenvalue weighted by atomic mass is 10.2. The van der Waals surface area contributed by atoms with E-state index in [0.717, 1.165) is 3.57 Å². The van der Waals surface area contributed by atoms with Crippen molar-refractivity contribution in [2.24, 2.45) is 0 Å². The monoisotopic (exact) mass is 363 g/mol. The van der Waals surface area contributed by atoms with Gasteiger partial charge in [0.2, 0.25) is 0 Å². The maximum atomic E-state index is 11.9. The highest BCUT2D eigenvalue weighted by atomic mass is 127. The van der Waals surface area contributed by atoms with E-state index in [9.17, 15) is 9.90 Å². The van der Waals surface area contributed by atoms with Crippen molar-refractivity contribution >= 4 is 28.5 Å². The summed E-state index contributed by atoms with van der Waals surface area (Å²) in [5.41, 5.74) is 0.277. The second-order valence-electron chi connectivity index (χ2n) is 3.94. The fraction of sp³-hybridized carbons (Fsp3) is 0.417. The number of ether oxygens (including phenoxy) is 2. The van der Waals surface area contributed by atoms with E-state index < -0.39 is 0 Å². The molecule has 1 unspecified atom stereocenters. The summed E-state index contributed by atoms with van der Waals surface area (Å²) in [4.78, 5) is 11.9. The molecule has 1 aliphatic rings. The maximum absolute atomic E-state index is 11.9. The third kappa shape index (κ3) is 3.56. The van der Waals surface area contributed by atoms with Crippen molar-refractivity contribution in [3.63, 3.8) is 0 Å². The first-order chi connectivity index (χ1) is 8.66. The number of phenols is 1. The second kappa shape index (κ2) is 6.35. The van der Waals surface area contributed by atoms with Gasteiger partial charge in [0, 0.05) is 10.1 Å².